The highest BCUT2D eigenvalue weighted by atomic mass is 16.7. The van der Waals surface area contributed by atoms with Crippen LogP contribution >= 0.6 is 0 Å². The van der Waals surface area contributed by atoms with E-state index in [-0.39, 0.29) is 12.1 Å². The Bertz CT molecular complexity index is 732. The first-order valence-electron chi connectivity index (χ1n) is 10.4. The summed E-state index contributed by atoms with van der Waals surface area (Å²) in [6, 6.07) is 2.16. The molecule has 2 aliphatic rings. The van der Waals surface area contributed by atoms with Gasteiger partial charge in [0.05, 0.1) is 16.9 Å². The van der Waals surface area contributed by atoms with Crippen LogP contribution in [0.2, 0.25) is 0 Å². The number of anilines is 1. The van der Waals surface area contributed by atoms with Gasteiger partial charge in [0.25, 0.3) is 0 Å². The number of rotatable bonds is 3. The lowest BCUT2D eigenvalue weighted by Crippen LogP contribution is -2.47. The Morgan fingerprint density at radius 3 is 2.52 bits per heavy atom. The van der Waals surface area contributed by atoms with Crippen molar-refractivity contribution in [2.75, 3.05) is 18.4 Å². The molecule has 1 aromatic rings. The minimum absolute atomic E-state index is 0.145. The molecule has 0 spiro atoms. The SMILES string of the molecule is CC(C)(C)OC(=O)N1CCCC(Nc2cncc(B3OC(C)(C)C(C)(C)O3)c2)C1. The summed E-state index contributed by atoms with van der Waals surface area (Å²) >= 11 is 0. The number of likely N-dealkylation sites (tertiary alicyclic amines) is 1. The standard InChI is InChI=1S/C21H34BN3O4/c1-19(2,3)27-18(26)25-10-8-9-16(14-25)24-17-11-15(12-23-13-17)22-28-20(4,5)21(6,7)29-22/h11-13,16,24H,8-10,14H2,1-7H3. The van der Waals surface area contributed by atoms with Crippen molar-refractivity contribution in [3.05, 3.63) is 18.5 Å². The van der Waals surface area contributed by atoms with Crippen LogP contribution in [-0.4, -0.2) is 59.0 Å². The van der Waals surface area contributed by atoms with Crippen LogP contribution in [0.5, 0.6) is 0 Å². The third kappa shape index (κ3) is 5.23. The quantitative estimate of drug-likeness (QED) is 0.782. The average Bonchev–Trinajstić information content (AvgIpc) is 2.82. The molecule has 2 saturated heterocycles. The lowest BCUT2D eigenvalue weighted by Gasteiger charge is -2.34. The van der Waals surface area contributed by atoms with Crippen LogP contribution < -0.4 is 10.8 Å². The van der Waals surface area contributed by atoms with E-state index in [1.807, 2.05) is 54.5 Å². The maximum absolute atomic E-state index is 12.4. The number of carbonyl (C=O) groups is 1. The zero-order valence-corrected chi connectivity index (χ0v) is 18.7. The molecule has 8 heteroatoms. The van der Waals surface area contributed by atoms with Crippen LogP contribution in [0.15, 0.2) is 18.5 Å². The fourth-order valence-electron chi connectivity index (χ4n) is 3.47. The second kappa shape index (κ2) is 7.80. The Balaban J connectivity index is 1.64. The molecule has 2 aliphatic heterocycles. The molecule has 3 heterocycles. The molecule has 0 radical (unpaired) electrons. The number of aromatic nitrogens is 1. The minimum atomic E-state index is -0.488. The lowest BCUT2D eigenvalue weighted by atomic mass is 9.80. The van der Waals surface area contributed by atoms with E-state index in [0.29, 0.717) is 6.54 Å². The summed E-state index contributed by atoms with van der Waals surface area (Å²) in [5.74, 6) is 0. The lowest BCUT2D eigenvalue weighted by molar-refractivity contribution is 0.00578. The Labute approximate surface area is 174 Å². The van der Waals surface area contributed by atoms with Gasteiger partial charge in [-0.1, -0.05) is 0 Å². The van der Waals surface area contributed by atoms with Gasteiger partial charge in [-0.05, 0) is 67.4 Å². The zero-order chi connectivity index (χ0) is 21.4. The maximum Gasteiger partial charge on any atom is 0.496 e. The molecular formula is C21H34BN3O4. The van der Waals surface area contributed by atoms with Crippen molar-refractivity contribution >= 4 is 24.4 Å². The molecule has 0 aromatic carbocycles. The first-order valence-corrected chi connectivity index (χ1v) is 10.4. The molecule has 0 bridgehead atoms. The Hall–Kier alpha value is -1.80. The van der Waals surface area contributed by atoms with Gasteiger partial charge in [-0.15, -0.1) is 0 Å². The predicted octanol–water partition coefficient (Wildman–Crippen LogP) is 3.19. The number of pyridine rings is 1. The highest BCUT2D eigenvalue weighted by Crippen LogP contribution is 2.36. The Kier molecular flexibility index (Phi) is 5.89. The van der Waals surface area contributed by atoms with Crippen LogP contribution in [0.25, 0.3) is 0 Å². The van der Waals surface area contributed by atoms with Gasteiger partial charge in [0.1, 0.15) is 5.60 Å². The summed E-state index contributed by atoms with van der Waals surface area (Å²) in [5.41, 5.74) is 0.511. The van der Waals surface area contributed by atoms with Crippen LogP contribution in [0.1, 0.15) is 61.3 Å². The molecule has 1 atom stereocenters. The molecule has 160 valence electrons. The van der Waals surface area contributed by atoms with Gasteiger partial charge >= 0.3 is 13.2 Å². The largest absolute Gasteiger partial charge is 0.496 e. The summed E-state index contributed by atoms with van der Waals surface area (Å²) in [6.07, 6.45) is 5.23. The summed E-state index contributed by atoms with van der Waals surface area (Å²) in [4.78, 5) is 18.5. The second-order valence-electron chi connectivity index (χ2n) is 10.0. The molecule has 29 heavy (non-hydrogen) atoms. The van der Waals surface area contributed by atoms with Crippen molar-refractivity contribution in [3.8, 4) is 0 Å². The molecule has 3 rings (SSSR count). The molecule has 2 fully saturated rings. The van der Waals surface area contributed by atoms with Gasteiger partial charge in [0, 0.05) is 37.0 Å². The maximum atomic E-state index is 12.4. The number of hydrogen-bond acceptors (Lipinski definition) is 6. The number of nitrogens with zero attached hydrogens (tertiary/aromatic N) is 2. The number of nitrogens with one attached hydrogen (secondary N) is 1. The summed E-state index contributed by atoms with van der Waals surface area (Å²) in [7, 11) is -0.445. The third-order valence-corrected chi connectivity index (χ3v) is 5.73. The third-order valence-electron chi connectivity index (χ3n) is 5.73. The molecule has 7 nitrogen and oxygen atoms in total. The van der Waals surface area contributed by atoms with Crippen molar-refractivity contribution in [1.82, 2.24) is 9.88 Å². The second-order valence-corrected chi connectivity index (χ2v) is 10.0. The van der Waals surface area contributed by atoms with E-state index in [9.17, 15) is 4.79 Å². The van der Waals surface area contributed by atoms with E-state index in [0.717, 1.165) is 30.5 Å². The highest BCUT2D eigenvalue weighted by Gasteiger charge is 2.51. The molecule has 0 saturated carbocycles. The van der Waals surface area contributed by atoms with Gasteiger partial charge < -0.3 is 24.3 Å². The van der Waals surface area contributed by atoms with E-state index >= 15 is 0 Å². The predicted molar refractivity (Wildman–Crippen MR) is 114 cm³/mol. The Morgan fingerprint density at radius 1 is 1.24 bits per heavy atom. The van der Waals surface area contributed by atoms with Crippen molar-refractivity contribution < 1.29 is 18.8 Å². The van der Waals surface area contributed by atoms with Gasteiger partial charge in [0.15, 0.2) is 0 Å². The molecule has 1 N–H and O–H groups in total. The average molecular weight is 403 g/mol. The monoisotopic (exact) mass is 403 g/mol. The van der Waals surface area contributed by atoms with E-state index in [1.54, 1.807) is 17.3 Å². The number of carbonyl (C=O) groups excluding carboxylic acids is 1. The van der Waals surface area contributed by atoms with Crippen LogP contribution in [0, 0.1) is 0 Å². The van der Waals surface area contributed by atoms with Gasteiger partial charge in [0.2, 0.25) is 0 Å². The van der Waals surface area contributed by atoms with E-state index < -0.39 is 23.9 Å². The van der Waals surface area contributed by atoms with Gasteiger partial charge in [-0.25, -0.2) is 4.79 Å². The molecular weight excluding hydrogens is 369 g/mol. The summed E-state index contributed by atoms with van der Waals surface area (Å²) in [6.45, 7) is 15.1. The van der Waals surface area contributed by atoms with Crippen molar-refractivity contribution in [1.29, 1.82) is 0 Å². The molecule has 0 aliphatic carbocycles. The molecule has 1 aromatic heterocycles. The number of piperidine rings is 1. The Morgan fingerprint density at radius 2 is 1.90 bits per heavy atom. The summed E-state index contributed by atoms with van der Waals surface area (Å²) in [5, 5.41) is 3.51. The number of amides is 1. The smallest absolute Gasteiger partial charge is 0.444 e. The van der Waals surface area contributed by atoms with Crippen molar-refractivity contribution in [3.63, 3.8) is 0 Å². The van der Waals surface area contributed by atoms with Gasteiger partial charge in [-0.2, -0.15) is 0 Å². The fourth-order valence-corrected chi connectivity index (χ4v) is 3.47. The molecule has 1 unspecified atom stereocenters. The summed E-state index contributed by atoms with van der Waals surface area (Å²) < 4.78 is 17.8. The van der Waals surface area contributed by atoms with Crippen LogP contribution in [0.4, 0.5) is 10.5 Å². The van der Waals surface area contributed by atoms with Gasteiger partial charge in [-0.3, -0.25) is 4.98 Å². The van der Waals surface area contributed by atoms with Crippen molar-refractivity contribution in [2.24, 2.45) is 0 Å². The number of ether oxygens (including phenoxy) is 1. The first kappa shape index (κ1) is 21.9. The fraction of sp³-hybridized carbons (Fsp3) is 0.714. The topological polar surface area (TPSA) is 72.9 Å². The van der Waals surface area contributed by atoms with E-state index in [1.165, 1.54) is 0 Å². The normalized spacial score (nSPS) is 23.8. The van der Waals surface area contributed by atoms with E-state index in [2.05, 4.69) is 10.3 Å². The highest BCUT2D eigenvalue weighted by molar-refractivity contribution is 6.62. The number of hydrogen-bond donors (Lipinski definition) is 1. The van der Waals surface area contributed by atoms with E-state index in [4.69, 9.17) is 14.0 Å². The van der Waals surface area contributed by atoms with Crippen LogP contribution in [-0.2, 0) is 14.0 Å². The zero-order valence-electron chi connectivity index (χ0n) is 18.7. The van der Waals surface area contributed by atoms with Crippen molar-refractivity contribution in [2.45, 2.75) is 84.2 Å². The minimum Gasteiger partial charge on any atom is -0.444 e. The van der Waals surface area contributed by atoms with Crippen LogP contribution in [0.3, 0.4) is 0 Å². The first-order chi connectivity index (χ1) is 13.4. The molecule has 1 amide bonds.